The molecule has 0 radical (unpaired) electrons. The van der Waals surface area contributed by atoms with Gasteiger partial charge in [0.1, 0.15) is 0 Å². The summed E-state index contributed by atoms with van der Waals surface area (Å²) in [7, 11) is 1.83. The first-order valence-corrected chi connectivity index (χ1v) is 6.17. The Bertz CT molecular complexity index is 503. The molecule has 0 saturated heterocycles. The maximum atomic E-state index is 6.28. The topological polar surface area (TPSA) is 69.6 Å². The monoisotopic (exact) mass is 295 g/mol. The summed E-state index contributed by atoms with van der Waals surface area (Å²) in [5.74, 6) is 0. The van der Waals surface area contributed by atoms with Gasteiger partial charge in [-0.3, -0.25) is 4.98 Å². The minimum Gasteiger partial charge on any atom is -0.319 e. The number of pyridine rings is 1. The molecule has 0 saturated carbocycles. The van der Waals surface area contributed by atoms with Crippen molar-refractivity contribution in [2.45, 2.75) is 19.4 Å². The molecule has 2 rings (SSSR count). The van der Waals surface area contributed by atoms with Crippen molar-refractivity contribution >= 4 is 15.9 Å². The van der Waals surface area contributed by atoms with Gasteiger partial charge in [0.2, 0.25) is 0 Å². The van der Waals surface area contributed by atoms with Crippen LogP contribution in [0.5, 0.6) is 0 Å². The first-order valence-electron chi connectivity index (χ1n) is 5.38. The molecule has 2 aromatic heterocycles. The van der Waals surface area contributed by atoms with Crippen molar-refractivity contribution in [2.24, 2.45) is 12.8 Å². The predicted molar refractivity (Wildman–Crippen MR) is 68.3 cm³/mol. The van der Waals surface area contributed by atoms with Gasteiger partial charge >= 0.3 is 0 Å². The van der Waals surface area contributed by atoms with E-state index in [1.54, 1.807) is 10.9 Å². The molecule has 6 heteroatoms. The second-order valence-corrected chi connectivity index (χ2v) is 4.55. The van der Waals surface area contributed by atoms with Crippen molar-refractivity contribution in [3.63, 3.8) is 0 Å². The largest absolute Gasteiger partial charge is 0.319 e. The molecular formula is C11H14BrN5. The molecular weight excluding hydrogens is 282 g/mol. The molecule has 0 aliphatic carbocycles. The summed E-state index contributed by atoms with van der Waals surface area (Å²) in [6, 6.07) is 1.70. The second kappa shape index (κ2) is 4.93. The zero-order chi connectivity index (χ0) is 12.4. The third kappa shape index (κ3) is 2.23. The summed E-state index contributed by atoms with van der Waals surface area (Å²) in [6.07, 6.45) is 4.51. The van der Waals surface area contributed by atoms with Gasteiger partial charge in [-0.25, -0.2) is 4.68 Å². The lowest BCUT2D eigenvalue weighted by molar-refractivity contribution is 0.648. The van der Waals surface area contributed by atoms with Crippen LogP contribution in [0.4, 0.5) is 0 Å². The van der Waals surface area contributed by atoms with Crippen LogP contribution < -0.4 is 5.73 Å². The summed E-state index contributed by atoms with van der Waals surface area (Å²) in [5.41, 5.74) is 9.36. The van der Waals surface area contributed by atoms with Crippen molar-refractivity contribution in [3.8, 4) is 0 Å². The molecule has 0 bridgehead atoms. The minimum absolute atomic E-state index is 0.248. The molecule has 1 atom stereocenters. The van der Waals surface area contributed by atoms with E-state index in [0.29, 0.717) is 4.60 Å². The highest BCUT2D eigenvalue weighted by molar-refractivity contribution is 9.10. The second-order valence-electron chi connectivity index (χ2n) is 3.79. The molecule has 90 valence electrons. The molecule has 2 N–H and O–H groups in total. The standard InChI is InChI=1S/C11H14BrN5/c1-3-7-6-14-5-4-8(7)9(13)10-11(12)15-16-17(10)2/h4-6,9H,3,13H2,1-2H3. The lowest BCUT2D eigenvalue weighted by atomic mass is 9.99. The normalized spacial score (nSPS) is 12.7. The van der Waals surface area contributed by atoms with Gasteiger partial charge in [0.05, 0.1) is 11.7 Å². The maximum absolute atomic E-state index is 6.28. The highest BCUT2D eigenvalue weighted by atomic mass is 79.9. The van der Waals surface area contributed by atoms with E-state index in [1.165, 1.54) is 0 Å². The maximum Gasteiger partial charge on any atom is 0.153 e. The summed E-state index contributed by atoms with van der Waals surface area (Å²) in [6.45, 7) is 2.09. The van der Waals surface area contributed by atoms with Gasteiger partial charge in [0.25, 0.3) is 0 Å². The average Bonchev–Trinajstić information content (AvgIpc) is 2.68. The van der Waals surface area contributed by atoms with Gasteiger partial charge in [-0.15, -0.1) is 5.10 Å². The van der Waals surface area contributed by atoms with E-state index in [-0.39, 0.29) is 6.04 Å². The first-order chi connectivity index (χ1) is 8.15. The van der Waals surface area contributed by atoms with Crippen LogP contribution in [0.15, 0.2) is 23.1 Å². The van der Waals surface area contributed by atoms with E-state index in [4.69, 9.17) is 5.73 Å². The molecule has 2 aromatic rings. The zero-order valence-electron chi connectivity index (χ0n) is 9.76. The fraction of sp³-hybridized carbons (Fsp3) is 0.364. The predicted octanol–water partition coefficient (Wildman–Crippen LogP) is 1.58. The number of nitrogens with two attached hydrogens (primary N) is 1. The van der Waals surface area contributed by atoms with Crippen LogP contribution in [-0.2, 0) is 13.5 Å². The van der Waals surface area contributed by atoms with E-state index < -0.39 is 0 Å². The van der Waals surface area contributed by atoms with Gasteiger partial charge in [0, 0.05) is 19.4 Å². The summed E-state index contributed by atoms with van der Waals surface area (Å²) >= 11 is 3.37. The third-order valence-electron chi connectivity index (χ3n) is 2.78. The van der Waals surface area contributed by atoms with Crippen molar-refractivity contribution in [3.05, 3.63) is 39.9 Å². The Kier molecular flexibility index (Phi) is 3.54. The van der Waals surface area contributed by atoms with E-state index >= 15 is 0 Å². The molecule has 0 amide bonds. The molecule has 0 fully saturated rings. The minimum atomic E-state index is -0.248. The number of halogens is 1. The van der Waals surface area contributed by atoms with Crippen LogP contribution in [0.25, 0.3) is 0 Å². The smallest absolute Gasteiger partial charge is 0.153 e. The van der Waals surface area contributed by atoms with Gasteiger partial charge in [-0.1, -0.05) is 12.1 Å². The molecule has 1 unspecified atom stereocenters. The van der Waals surface area contributed by atoms with Gasteiger partial charge in [-0.05, 0) is 39.5 Å². The van der Waals surface area contributed by atoms with Gasteiger partial charge < -0.3 is 5.73 Å². The van der Waals surface area contributed by atoms with Crippen molar-refractivity contribution in [2.75, 3.05) is 0 Å². The van der Waals surface area contributed by atoms with E-state index in [1.807, 2.05) is 19.3 Å². The summed E-state index contributed by atoms with van der Waals surface area (Å²) in [5, 5.41) is 7.89. The highest BCUT2D eigenvalue weighted by Gasteiger charge is 2.19. The number of hydrogen-bond acceptors (Lipinski definition) is 4. The van der Waals surface area contributed by atoms with Crippen molar-refractivity contribution in [1.29, 1.82) is 0 Å². The number of rotatable bonds is 3. The number of aromatic nitrogens is 4. The molecule has 0 spiro atoms. The average molecular weight is 296 g/mol. The molecule has 17 heavy (non-hydrogen) atoms. The van der Waals surface area contributed by atoms with Crippen molar-refractivity contribution < 1.29 is 0 Å². The fourth-order valence-electron chi connectivity index (χ4n) is 1.85. The van der Waals surface area contributed by atoms with Crippen LogP contribution in [0, 0.1) is 0 Å². The Balaban J connectivity index is 2.47. The lowest BCUT2D eigenvalue weighted by Gasteiger charge is -2.15. The fourth-order valence-corrected chi connectivity index (χ4v) is 2.43. The molecule has 0 aliphatic heterocycles. The molecule has 0 aromatic carbocycles. The van der Waals surface area contributed by atoms with Crippen molar-refractivity contribution in [1.82, 2.24) is 20.0 Å². The molecule has 2 heterocycles. The SMILES string of the molecule is CCc1cnccc1C(N)c1c(Br)nnn1C. The number of nitrogens with zero attached hydrogens (tertiary/aromatic N) is 4. The number of hydrogen-bond donors (Lipinski definition) is 1. The molecule has 5 nitrogen and oxygen atoms in total. The Morgan fingerprint density at radius 1 is 1.53 bits per heavy atom. The van der Waals surface area contributed by atoms with Gasteiger partial charge in [0.15, 0.2) is 4.60 Å². The van der Waals surface area contributed by atoms with Crippen LogP contribution in [0.1, 0.15) is 29.8 Å². The Hall–Kier alpha value is -1.27. The van der Waals surface area contributed by atoms with E-state index in [2.05, 4.69) is 38.1 Å². The Morgan fingerprint density at radius 2 is 2.29 bits per heavy atom. The Morgan fingerprint density at radius 3 is 2.88 bits per heavy atom. The number of aryl methyl sites for hydroxylation is 2. The zero-order valence-corrected chi connectivity index (χ0v) is 11.3. The van der Waals surface area contributed by atoms with Crippen LogP contribution in [0.3, 0.4) is 0 Å². The molecule has 0 aliphatic rings. The van der Waals surface area contributed by atoms with Crippen LogP contribution >= 0.6 is 15.9 Å². The van der Waals surface area contributed by atoms with Crippen LogP contribution in [0.2, 0.25) is 0 Å². The third-order valence-corrected chi connectivity index (χ3v) is 3.34. The lowest BCUT2D eigenvalue weighted by Crippen LogP contribution is -2.18. The quantitative estimate of drug-likeness (QED) is 0.933. The van der Waals surface area contributed by atoms with E-state index in [9.17, 15) is 0 Å². The van der Waals surface area contributed by atoms with Crippen LogP contribution in [-0.4, -0.2) is 20.0 Å². The first kappa shape index (κ1) is 12.2. The summed E-state index contributed by atoms with van der Waals surface area (Å²) in [4.78, 5) is 4.12. The summed E-state index contributed by atoms with van der Waals surface area (Å²) < 4.78 is 2.38. The van der Waals surface area contributed by atoms with Gasteiger partial charge in [-0.2, -0.15) is 0 Å². The highest BCUT2D eigenvalue weighted by Crippen LogP contribution is 2.26. The Labute approximate surface area is 108 Å². The van der Waals surface area contributed by atoms with E-state index in [0.717, 1.165) is 23.2 Å².